The summed E-state index contributed by atoms with van der Waals surface area (Å²) in [7, 11) is 0. The summed E-state index contributed by atoms with van der Waals surface area (Å²) >= 11 is 9.67. The molecule has 0 amide bonds. The van der Waals surface area contributed by atoms with E-state index in [-0.39, 0.29) is 5.92 Å². The molecule has 1 aliphatic heterocycles. The van der Waals surface area contributed by atoms with Gasteiger partial charge in [0.1, 0.15) is 11.6 Å². The third kappa shape index (κ3) is 2.52. The average molecular weight is 404 g/mol. The maximum Gasteiger partial charge on any atom is 0.142 e. The van der Waals surface area contributed by atoms with Crippen molar-refractivity contribution in [2.75, 3.05) is 11.4 Å². The highest BCUT2D eigenvalue weighted by molar-refractivity contribution is 9.10. The normalized spacial score (nSPS) is 16.5. The fourth-order valence-electron chi connectivity index (χ4n) is 3.22. The summed E-state index contributed by atoms with van der Waals surface area (Å²) in [5.41, 5.74) is 3.33. The molecule has 4 nitrogen and oxygen atoms in total. The van der Waals surface area contributed by atoms with Gasteiger partial charge in [-0.3, -0.25) is 4.57 Å². The highest BCUT2D eigenvalue weighted by Gasteiger charge is 2.28. The smallest absolute Gasteiger partial charge is 0.142 e. The summed E-state index contributed by atoms with van der Waals surface area (Å²) in [4.78, 5) is 2.31. The molecule has 0 spiro atoms. The SMILES string of the molecule is Cc1nnc2n1-c1ccc(Br)cc1N(c1ccc(Cl)cc1)CC2C. The van der Waals surface area contributed by atoms with E-state index in [4.69, 9.17) is 11.6 Å². The number of fused-ring (bicyclic) bond motifs is 3. The zero-order valence-corrected chi connectivity index (χ0v) is 15.7. The second-order valence-electron chi connectivity index (χ2n) is 6.06. The van der Waals surface area contributed by atoms with E-state index in [2.05, 4.69) is 72.8 Å². The first-order valence-electron chi connectivity index (χ1n) is 7.79. The molecular formula is C18H16BrClN4. The number of rotatable bonds is 1. The van der Waals surface area contributed by atoms with Crippen LogP contribution in [0.25, 0.3) is 5.69 Å². The number of anilines is 2. The first-order chi connectivity index (χ1) is 11.5. The van der Waals surface area contributed by atoms with Crippen molar-refractivity contribution in [2.24, 2.45) is 0 Å². The lowest BCUT2D eigenvalue weighted by molar-refractivity contribution is 0.696. The standard InChI is InChI=1S/C18H16BrClN4/c1-11-10-23(15-6-4-14(20)5-7-15)17-9-13(19)3-8-16(17)24-12(2)21-22-18(11)24/h3-9,11H,10H2,1-2H3. The van der Waals surface area contributed by atoms with E-state index in [1.807, 2.05) is 19.1 Å². The first-order valence-corrected chi connectivity index (χ1v) is 8.96. The molecule has 24 heavy (non-hydrogen) atoms. The Kier molecular flexibility index (Phi) is 3.85. The van der Waals surface area contributed by atoms with Gasteiger partial charge in [0.2, 0.25) is 0 Å². The molecule has 0 fully saturated rings. The molecule has 1 aromatic heterocycles. The van der Waals surface area contributed by atoms with Gasteiger partial charge in [-0.15, -0.1) is 10.2 Å². The maximum absolute atomic E-state index is 6.06. The highest BCUT2D eigenvalue weighted by Crippen LogP contribution is 2.39. The van der Waals surface area contributed by atoms with E-state index in [0.29, 0.717) is 0 Å². The van der Waals surface area contributed by atoms with Crippen LogP contribution in [0.5, 0.6) is 0 Å². The van der Waals surface area contributed by atoms with E-state index in [1.54, 1.807) is 0 Å². The molecule has 0 saturated carbocycles. The Morgan fingerprint density at radius 3 is 2.58 bits per heavy atom. The first kappa shape index (κ1) is 15.7. The van der Waals surface area contributed by atoms with Gasteiger partial charge in [-0.2, -0.15) is 0 Å². The molecule has 2 aromatic carbocycles. The molecule has 6 heteroatoms. The van der Waals surface area contributed by atoms with Crippen LogP contribution in [-0.2, 0) is 0 Å². The van der Waals surface area contributed by atoms with E-state index >= 15 is 0 Å². The van der Waals surface area contributed by atoms with E-state index in [1.165, 1.54) is 0 Å². The Morgan fingerprint density at radius 1 is 1.08 bits per heavy atom. The monoisotopic (exact) mass is 402 g/mol. The molecule has 0 aliphatic carbocycles. The number of hydrogen-bond acceptors (Lipinski definition) is 3. The van der Waals surface area contributed by atoms with Gasteiger partial charge < -0.3 is 4.90 Å². The third-order valence-electron chi connectivity index (χ3n) is 4.35. The Labute approximate surface area is 154 Å². The lowest BCUT2D eigenvalue weighted by Crippen LogP contribution is -2.21. The second-order valence-corrected chi connectivity index (χ2v) is 7.41. The molecule has 1 unspecified atom stereocenters. The van der Waals surface area contributed by atoms with Crippen molar-refractivity contribution < 1.29 is 0 Å². The quantitative estimate of drug-likeness (QED) is 0.557. The number of hydrogen-bond donors (Lipinski definition) is 0. The predicted octanol–water partition coefficient (Wildman–Crippen LogP) is 5.25. The highest BCUT2D eigenvalue weighted by atomic mass is 79.9. The largest absolute Gasteiger partial charge is 0.339 e. The van der Waals surface area contributed by atoms with Crippen molar-refractivity contribution in [3.63, 3.8) is 0 Å². The van der Waals surface area contributed by atoms with Crippen molar-refractivity contribution in [1.82, 2.24) is 14.8 Å². The zero-order chi connectivity index (χ0) is 16.8. The summed E-state index contributed by atoms with van der Waals surface area (Å²) in [6.07, 6.45) is 0. The van der Waals surface area contributed by atoms with Gasteiger partial charge in [0.15, 0.2) is 0 Å². The minimum atomic E-state index is 0.244. The lowest BCUT2D eigenvalue weighted by Gasteiger charge is -2.26. The number of nitrogens with zero attached hydrogens (tertiary/aromatic N) is 4. The molecule has 0 bridgehead atoms. The van der Waals surface area contributed by atoms with Crippen LogP contribution in [0.3, 0.4) is 0 Å². The zero-order valence-electron chi connectivity index (χ0n) is 13.4. The Morgan fingerprint density at radius 2 is 1.83 bits per heavy atom. The molecule has 0 N–H and O–H groups in total. The van der Waals surface area contributed by atoms with Crippen LogP contribution in [-0.4, -0.2) is 21.3 Å². The number of aromatic nitrogens is 3. The topological polar surface area (TPSA) is 34.0 Å². The van der Waals surface area contributed by atoms with Crippen molar-refractivity contribution in [2.45, 2.75) is 19.8 Å². The van der Waals surface area contributed by atoms with E-state index in [9.17, 15) is 0 Å². The molecular weight excluding hydrogens is 388 g/mol. The molecule has 122 valence electrons. The third-order valence-corrected chi connectivity index (χ3v) is 5.10. The summed E-state index contributed by atoms with van der Waals surface area (Å²) in [6, 6.07) is 14.3. The van der Waals surface area contributed by atoms with Crippen LogP contribution >= 0.6 is 27.5 Å². The number of benzene rings is 2. The molecule has 3 aromatic rings. The summed E-state index contributed by atoms with van der Waals surface area (Å²) < 4.78 is 3.20. The fraction of sp³-hybridized carbons (Fsp3) is 0.222. The molecule has 4 rings (SSSR count). The van der Waals surface area contributed by atoms with Gasteiger partial charge in [-0.05, 0) is 49.4 Å². The Bertz CT molecular complexity index is 904. The Balaban J connectivity index is 1.96. The van der Waals surface area contributed by atoms with Crippen LogP contribution in [0.4, 0.5) is 11.4 Å². The van der Waals surface area contributed by atoms with Crippen molar-refractivity contribution in [1.29, 1.82) is 0 Å². The number of aryl methyl sites for hydroxylation is 1. The van der Waals surface area contributed by atoms with Gasteiger partial charge in [0.25, 0.3) is 0 Å². The summed E-state index contributed by atoms with van der Waals surface area (Å²) in [5.74, 6) is 2.14. The molecule has 0 radical (unpaired) electrons. The van der Waals surface area contributed by atoms with Crippen molar-refractivity contribution in [3.05, 3.63) is 63.6 Å². The van der Waals surface area contributed by atoms with Gasteiger partial charge in [-0.25, -0.2) is 0 Å². The van der Waals surface area contributed by atoms with Crippen LogP contribution in [0, 0.1) is 6.92 Å². The maximum atomic E-state index is 6.06. The second kappa shape index (κ2) is 5.90. The minimum Gasteiger partial charge on any atom is -0.339 e. The Hall–Kier alpha value is -1.85. The lowest BCUT2D eigenvalue weighted by atomic mass is 10.1. The molecule has 0 saturated heterocycles. The molecule has 1 aliphatic rings. The van der Waals surface area contributed by atoms with E-state index in [0.717, 1.165) is 44.8 Å². The predicted molar refractivity (Wildman–Crippen MR) is 101 cm³/mol. The van der Waals surface area contributed by atoms with Crippen molar-refractivity contribution in [3.8, 4) is 5.69 Å². The fourth-order valence-corrected chi connectivity index (χ4v) is 3.69. The van der Waals surface area contributed by atoms with Crippen LogP contribution in [0.15, 0.2) is 46.9 Å². The van der Waals surface area contributed by atoms with Crippen LogP contribution in [0.1, 0.15) is 24.5 Å². The van der Waals surface area contributed by atoms with Crippen LogP contribution < -0.4 is 4.90 Å². The minimum absolute atomic E-state index is 0.244. The van der Waals surface area contributed by atoms with E-state index < -0.39 is 0 Å². The number of halogens is 2. The summed E-state index contributed by atoms with van der Waals surface area (Å²) in [6.45, 7) is 5.00. The van der Waals surface area contributed by atoms with Gasteiger partial charge in [-0.1, -0.05) is 34.5 Å². The van der Waals surface area contributed by atoms with Gasteiger partial charge in [0.05, 0.1) is 11.4 Å². The van der Waals surface area contributed by atoms with Gasteiger partial charge in [0, 0.05) is 27.6 Å². The van der Waals surface area contributed by atoms with Gasteiger partial charge >= 0.3 is 0 Å². The average Bonchev–Trinajstić information content (AvgIpc) is 2.89. The van der Waals surface area contributed by atoms with Crippen LogP contribution in [0.2, 0.25) is 5.02 Å². The molecule has 1 atom stereocenters. The molecule has 2 heterocycles. The van der Waals surface area contributed by atoms with Crippen molar-refractivity contribution >= 4 is 38.9 Å². The summed E-state index contributed by atoms with van der Waals surface area (Å²) in [5, 5.41) is 9.44.